The summed E-state index contributed by atoms with van der Waals surface area (Å²) >= 11 is 0. The lowest BCUT2D eigenvalue weighted by Crippen LogP contribution is -1.86. The first-order valence-electron chi connectivity index (χ1n) is 7.06. The quantitative estimate of drug-likeness (QED) is 0.636. The van der Waals surface area contributed by atoms with Gasteiger partial charge in [-0.1, -0.05) is 30.4 Å². The van der Waals surface area contributed by atoms with Crippen LogP contribution < -0.4 is 5.32 Å². The van der Waals surface area contributed by atoms with Crippen LogP contribution in [0, 0.1) is 0 Å². The van der Waals surface area contributed by atoms with Gasteiger partial charge < -0.3 is 15.4 Å². The molecule has 1 heterocycles. The summed E-state index contributed by atoms with van der Waals surface area (Å²) < 4.78 is 0. The SMILES string of the molecule is CNc1ccc(/C=C/C=C/c2nc3ccc(O)cc3[nH]2)cc1. The minimum atomic E-state index is 0.233. The van der Waals surface area contributed by atoms with Gasteiger partial charge in [-0.25, -0.2) is 4.98 Å². The topological polar surface area (TPSA) is 60.9 Å². The number of phenols is 1. The van der Waals surface area contributed by atoms with Crippen LogP contribution in [-0.2, 0) is 0 Å². The Morgan fingerprint density at radius 2 is 1.82 bits per heavy atom. The van der Waals surface area contributed by atoms with E-state index in [1.807, 2.05) is 43.5 Å². The van der Waals surface area contributed by atoms with Crippen molar-refractivity contribution in [3.63, 3.8) is 0 Å². The molecule has 4 heteroatoms. The monoisotopic (exact) mass is 291 g/mol. The van der Waals surface area contributed by atoms with Gasteiger partial charge in [-0.05, 0) is 35.9 Å². The van der Waals surface area contributed by atoms with Crippen molar-refractivity contribution < 1.29 is 5.11 Å². The number of allylic oxidation sites excluding steroid dienone is 2. The van der Waals surface area contributed by atoms with E-state index in [0.29, 0.717) is 0 Å². The van der Waals surface area contributed by atoms with Crippen LogP contribution in [0.3, 0.4) is 0 Å². The highest BCUT2D eigenvalue weighted by Crippen LogP contribution is 2.18. The van der Waals surface area contributed by atoms with Crippen molar-refractivity contribution in [1.29, 1.82) is 0 Å². The van der Waals surface area contributed by atoms with Gasteiger partial charge in [-0.2, -0.15) is 0 Å². The number of rotatable bonds is 4. The van der Waals surface area contributed by atoms with Crippen LogP contribution in [0.15, 0.2) is 54.6 Å². The van der Waals surface area contributed by atoms with Crippen LogP contribution in [-0.4, -0.2) is 22.1 Å². The zero-order chi connectivity index (χ0) is 15.4. The van der Waals surface area contributed by atoms with Crippen LogP contribution >= 0.6 is 0 Å². The van der Waals surface area contributed by atoms with Crippen molar-refractivity contribution in [3.05, 3.63) is 66.0 Å². The van der Waals surface area contributed by atoms with Gasteiger partial charge in [0, 0.05) is 18.8 Å². The van der Waals surface area contributed by atoms with Gasteiger partial charge in [-0.15, -0.1) is 0 Å². The second-order valence-electron chi connectivity index (χ2n) is 4.91. The summed E-state index contributed by atoms with van der Waals surface area (Å²) in [5.41, 5.74) is 3.90. The standard InChI is InChI=1S/C18H17N3O/c1-19-14-8-6-13(7-9-14)4-2-3-5-18-20-16-11-10-15(22)12-17(16)21-18/h2-12,19,22H,1H3,(H,20,21)/b4-2+,5-3+. The van der Waals surface area contributed by atoms with Crippen LogP contribution in [0.1, 0.15) is 11.4 Å². The van der Waals surface area contributed by atoms with E-state index in [1.54, 1.807) is 18.2 Å². The number of hydrogen-bond acceptors (Lipinski definition) is 3. The van der Waals surface area contributed by atoms with Crippen molar-refractivity contribution in [2.24, 2.45) is 0 Å². The second-order valence-corrected chi connectivity index (χ2v) is 4.91. The molecule has 0 saturated carbocycles. The number of phenolic OH excluding ortho intramolecular Hbond substituents is 1. The van der Waals surface area contributed by atoms with Crippen molar-refractivity contribution >= 4 is 28.9 Å². The Bertz CT molecular complexity index is 829. The highest BCUT2D eigenvalue weighted by molar-refractivity contribution is 5.78. The summed E-state index contributed by atoms with van der Waals surface area (Å²) in [4.78, 5) is 7.58. The molecule has 0 aliphatic heterocycles. The third-order valence-corrected chi connectivity index (χ3v) is 3.34. The molecule has 3 aromatic rings. The molecule has 0 amide bonds. The number of benzene rings is 2. The molecule has 4 nitrogen and oxygen atoms in total. The summed E-state index contributed by atoms with van der Waals surface area (Å²) in [5, 5.41) is 12.5. The Balaban J connectivity index is 1.70. The average molecular weight is 291 g/mol. The maximum atomic E-state index is 9.44. The zero-order valence-electron chi connectivity index (χ0n) is 12.2. The molecule has 0 bridgehead atoms. The van der Waals surface area contributed by atoms with Gasteiger partial charge in [0.25, 0.3) is 0 Å². The van der Waals surface area contributed by atoms with Gasteiger partial charge in [0.2, 0.25) is 0 Å². The minimum absolute atomic E-state index is 0.233. The van der Waals surface area contributed by atoms with E-state index in [4.69, 9.17) is 0 Å². The fraction of sp³-hybridized carbons (Fsp3) is 0.0556. The number of anilines is 1. The molecular formula is C18H17N3O. The molecule has 0 aliphatic carbocycles. The van der Waals surface area contributed by atoms with Crippen LogP contribution in [0.5, 0.6) is 5.75 Å². The second kappa shape index (κ2) is 6.18. The molecule has 3 N–H and O–H groups in total. The number of nitrogens with one attached hydrogen (secondary N) is 2. The number of H-pyrrole nitrogens is 1. The van der Waals surface area contributed by atoms with Gasteiger partial charge in [-0.3, -0.25) is 0 Å². The van der Waals surface area contributed by atoms with E-state index in [2.05, 4.69) is 27.4 Å². The smallest absolute Gasteiger partial charge is 0.131 e. The molecule has 0 atom stereocenters. The largest absolute Gasteiger partial charge is 0.508 e. The molecule has 0 unspecified atom stereocenters. The lowest BCUT2D eigenvalue weighted by Gasteiger charge is -1.98. The normalized spacial score (nSPS) is 11.7. The molecule has 1 aromatic heterocycles. The summed E-state index contributed by atoms with van der Waals surface area (Å²) in [6, 6.07) is 13.3. The molecular weight excluding hydrogens is 274 g/mol. The van der Waals surface area contributed by atoms with Crippen molar-refractivity contribution in [2.45, 2.75) is 0 Å². The third kappa shape index (κ3) is 3.17. The summed E-state index contributed by atoms with van der Waals surface area (Å²) in [6.07, 6.45) is 7.84. The minimum Gasteiger partial charge on any atom is -0.508 e. The summed E-state index contributed by atoms with van der Waals surface area (Å²) in [5.74, 6) is 0.993. The van der Waals surface area contributed by atoms with E-state index in [1.165, 1.54) is 0 Å². The highest BCUT2D eigenvalue weighted by atomic mass is 16.3. The zero-order valence-corrected chi connectivity index (χ0v) is 12.2. The number of aromatic nitrogens is 2. The van der Waals surface area contributed by atoms with Gasteiger partial charge in [0.05, 0.1) is 11.0 Å². The average Bonchev–Trinajstić information content (AvgIpc) is 2.94. The van der Waals surface area contributed by atoms with E-state index >= 15 is 0 Å². The maximum absolute atomic E-state index is 9.44. The molecule has 110 valence electrons. The fourth-order valence-electron chi connectivity index (χ4n) is 2.17. The molecule has 0 aliphatic rings. The number of nitrogens with zero attached hydrogens (tertiary/aromatic N) is 1. The van der Waals surface area contributed by atoms with E-state index in [0.717, 1.165) is 28.1 Å². The van der Waals surface area contributed by atoms with Gasteiger partial charge in [0.15, 0.2) is 0 Å². The van der Waals surface area contributed by atoms with E-state index < -0.39 is 0 Å². The predicted molar refractivity (Wildman–Crippen MR) is 91.8 cm³/mol. The Kier molecular flexibility index (Phi) is 3.92. The number of imidazole rings is 1. The highest BCUT2D eigenvalue weighted by Gasteiger charge is 2.00. The Morgan fingerprint density at radius 1 is 1.05 bits per heavy atom. The Hall–Kier alpha value is -3.01. The molecule has 0 fully saturated rings. The molecule has 0 spiro atoms. The van der Waals surface area contributed by atoms with Crippen LogP contribution in [0.25, 0.3) is 23.2 Å². The number of aromatic amines is 1. The third-order valence-electron chi connectivity index (χ3n) is 3.34. The lowest BCUT2D eigenvalue weighted by molar-refractivity contribution is 0.476. The number of aromatic hydroxyl groups is 1. The lowest BCUT2D eigenvalue weighted by atomic mass is 10.2. The van der Waals surface area contributed by atoms with E-state index in [9.17, 15) is 5.11 Å². The van der Waals surface area contributed by atoms with Gasteiger partial charge in [0.1, 0.15) is 11.6 Å². The number of fused-ring (bicyclic) bond motifs is 1. The van der Waals surface area contributed by atoms with Crippen molar-refractivity contribution in [2.75, 3.05) is 12.4 Å². The molecule has 3 rings (SSSR count). The summed E-state index contributed by atoms with van der Waals surface area (Å²) in [7, 11) is 1.90. The molecule has 22 heavy (non-hydrogen) atoms. The maximum Gasteiger partial charge on any atom is 0.131 e. The first-order chi connectivity index (χ1) is 10.7. The van der Waals surface area contributed by atoms with Crippen molar-refractivity contribution in [1.82, 2.24) is 9.97 Å². The summed E-state index contributed by atoms with van der Waals surface area (Å²) in [6.45, 7) is 0. The fourth-order valence-corrected chi connectivity index (χ4v) is 2.17. The Morgan fingerprint density at radius 3 is 2.59 bits per heavy atom. The van der Waals surface area contributed by atoms with Gasteiger partial charge >= 0.3 is 0 Å². The first-order valence-corrected chi connectivity index (χ1v) is 7.06. The first kappa shape index (κ1) is 13.9. The van der Waals surface area contributed by atoms with Crippen molar-refractivity contribution in [3.8, 4) is 5.75 Å². The van der Waals surface area contributed by atoms with E-state index in [-0.39, 0.29) is 5.75 Å². The molecule has 0 radical (unpaired) electrons. The molecule has 0 saturated heterocycles. The van der Waals surface area contributed by atoms with Crippen LogP contribution in [0.4, 0.5) is 5.69 Å². The Labute approximate surface area is 128 Å². The number of hydrogen-bond donors (Lipinski definition) is 3. The predicted octanol–water partition coefficient (Wildman–Crippen LogP) is 4.04. The van der Waals surface area contributed by atoms with Crippen LogP contribution in [0.2, 0.25) is 0 Å². The molecule has 2 aromatic carbocycles.